The van der Waals surface area contributed by atoms with Crippen LogP contribution in [0.25, 0.3) is 0 Å². The van der Waals surface area contributed by atoms with Crippen molar-refractivity contribution in [2.24, 2.45) is 0 Å². The third-order valence-corrected chi connectivity index (χ3v) is 3.52. The molecule has 7 nitrogen and oxygen atoms in total. The molecule has 1 N–H and O–H groups in total. The maximum atomic E-state index is 11.4. The van der Waals surface area contributed by atoms with E-state index in [0.717, 1.165) is 0 Å². The summed E-state index contributed by atoms with van der Waals surface area (Å²) in [5, 5.41) is 8.73. The molecule has 0 aromatic rings. The Balaban J connectivity index is 2.50. The molecule has 1 heterocycles. The highest BCUT2D eigenvalue weighted by Gasteiger charge is 2.40. The van der Waals surface area contributed by atoms with Gasteiger partial charge in [-0.1, -0.05) is 0 Å². The predicted octanol–water partition coefficient (Wildman–Crippen LogP) is 0.611. The van der Waals surface area contributed by atoms with Gasteiger partial charge in [-0.2, -0.15) is 0 Å². The van der Waals surface area contributed by atoms with E-state index in [1.807, 2.05) is 6.92 Å². The highest BCUT2D eigenvalue weighted by atomic mass is 31.1. The first-order valence-electron chi connectivity index (χ1n) is 6.39. The van der Waals surface area contributed by atoms with E-state index < -0.39 is 14.4 Å². The van der Waals surface area contributed by atoms with Gasteiger partial charge in [-0.05, 0) is 13.3 Å². The summed E-state index contributed by atoms with van der Waals surface area (Å²) in [6.45, 7) is 3.64. The monoisotopic (exact) mass is 298 g/mol. The quantitative estimate of drug-likeness (QED) is 0.467. The van der Waals surface area contributed by atoms with Crippen LogP contribution in [0.5, 0.6) is 0 Å². The Hall–Kier alpha value is -0.0100. The molecule has 4 atom stereocenters. The van der Waals surface area contributed by atoms with E-state index in [2.05, 4.69) is 4.52 Å². The highest BCUT2D eigenvalue weighted by Crippen LogP contribution is 2.32. The molecule has 0 spiro atoms. The summed E-state index contributed by atoms with van der Waals surface area (Å²) in [6, 6.07) is 0. The minimum Gasteiger partial charge on any atom is -0.396 e. The van der Waals surface area contributed by atoms with Crippen molar-refractivity contribution in [1.82, 2.24) is 0 Å². The van der Waals surface area contributed by atoms with Gasteiger partial charge in [-0.25, -0.2) is 0 Å². The van der Waals surface area contributed by atoms with Gasteiger partial charge in [0.2, 0.25) is 0 Å². The molecule has 19 heavy (non-hydrogen) atoms. The highest BCUT2D eigenvalue weighted by molar-refractivity contribution is 7.33. The maximum absolute atomic E-state index is 11.4. The van der Waals surface area contributed by atoms with Gasteiger partial charge in [0, 0.05) is 26.9 Å². The van der Waals surface area contributed by atoms with Crippen molar-refractivity contribution in [1.29, 1.82) is 0 Å². The van der Waals surface area contributed by atoms with Gasteiger partial charge in [-0.15, -0.1) is 0 Å². The Morgan fingerprint density at radius 1 is 1.47 bits per heavy atom. The lowest BCUT2D eigenvalue weighted by atomic mass is 10.1. The zero-order chi connectivity index (χ0) is 14.1. The van der Waals surface area contributed by atoms with Crippen LogP contribution in [0, 0.1) is 0 Å². The molecule has 0 radical (unpaired) electrons. The maximum Gasteiger partial charge on any atom is 0.319 e. The third kappa shape index (κ3) is 5.87. The molecule has 0 amide bonds. The fraction of sp³-hybridized carbons (Fsp3) is 1.00. The minimum atomic E-state index is -2.55. The van der Waals surface area contributed by atoms with E-state index in [1.165, 1.54) is 7.11 Å². The molecule has 8 heteroatoms. The van der Waals surface area contributed by atoms with Gasteiger partial charge in [0.15, 0.2) is 0 Å². The van der Waals surface area contributed by atoms with Gasteiger partial charge >= 0.3 is 8.25 Å². The van der Waals surface area contributed by atoms with E-state index >= 15 is 0 Å². The molecule has 0 bridgehead atoms. The van der Waals surface area contributed by atoms with Gasteiger partial charge in [0.1, 0.15) is 18.3 Å². The molecule has 0 aliphatic carbocycles. The summed E-state index contributed by atoms with van der Waals surface area (Å²) in [5.74, 6) is 0. The summed E-state index contributed by atoms with van der Waals surface area (Å²) < 4.78 is 37.8. The summed E-state index contributed by atoms with van der Waals surface area (Å²) in [5.41, 5.74) is 0. The number of rotatable bonds is 10. The molecule has 1 fully saturated rings. The van der Waals surface area contributed by atoms with Crippen LogP contribution in [-0.4, -0.2) is 63.6 Å². The second-order valence-corrected chi connectivity index (χ2v) is 5.20. The van der Waals surface area contributed by atoms with Crippen LogP contribution in [0.2, 0.25) is 0 Å². The Bertz CT molecular complexity index is 263. The van der Waals surface area contributed by atoms with Crippen molar-refractivity contribution in [3.05, 3.63) is 0 Å². The zero-order valence-electron chi connectivity index (χ0n) is 11.4. The fourth-order valence-corrected chi connectivity index (χ4v) is 2.40. The molecule has 1 rings (SSSR count). The van der Waals surface area contributed by atoms with E-state index in [0.29, 0.717) is 32.8 Å². The Kier molecular flexibility index (Phi) is 8.81. The number of ether oxygens (including phenoxy) is 3. The lowest BCUT2D eigenvalue weighted by Crippen LogP contribution is -2.36. The Morgan fingerprint density at radius 3 is 2.89 bits per heavy atom. The molecular weight excluding hydrogens is 275 g/mol. The number of aliphatic hydroxyl groups excluding tert-OH is 1. The molecule has 0 saturated carbocycles. The molecule has 1 aliphatic heterocycles. The smallest absolute Gasteiger partial charge is 0.319 e. The van der Waals surface area contributed by atoms with Crippen LogP contribution in [0.15, 0.2) is 0 Å². The standard InChI is InChI=1S/C11H23O7P/c1-3-15-7-9-11(18-19(13)14-2)10(8-17-9)16-6-4-5-12/h9-12,19H,3-8H2,1-2H3. The average molecular weight is 298 g/mol. The lowest BCUT2D eigenvalue weighted by Gasteiger charge is -2.22. The number of hydrogen-bond acceptors (Lipinski definition) is 7. The molecule has 114 valence electrons. The zero-order valence-corrected chi connectivity index (χ0v) is 12.4. The van der Waals surface area contributed by atoms with Crippen LogP contribution in [0.1, 0.15) is 13.3 Å². The Morgan fingerprint density at radius 2 is 2.26 bits per heavy atom. The molecule has 0 aromatic heterocycles. The summed E-state index contributed by atoms with van der Waals surface area (Å²) in [6.07, 6.45) is -0.570. The average Bonchev–Trinajstić information content (AvgIpc) is 2.79. The predicted molar refractivity (Wildman–Crippen MR) is 68.6 cm³/mol. The topological polar surface area (TPSA) is 83.5 Å². The second-order valence-electron chi connectivity index (χ2n) is 4.05. The first-order valence-corrected chi connectivity index (χ1v) is 7.61. The first kappa shape index (κ1) is 17.0. The van der Waals surface area contributed by atoms with Crippen LogP contribution in [0.3, 0.4) is 0 Å². The number of aliphatic hydroxyl groups is 1. The van der Waals surface area contributed by atoms with E-state index in [4.69, 9.17) is 23.8 Å². The largest absolute Gasteiger partial charge is 0.396 e. The van der Waals surface area contributed by atoms with Crippen molar-refractivity contribution < 1.29 is 32.9 Å². The molecule has 1 saturated heterocycles. The summed E-state index contributed by atoms with van der Waals surface area (Å²) in [7, 11) is -1.22. The Labute approximate surface area is 114 Å². The molecule has 4 unspecified atom stereocenters. The van der Waals surface area contributed by atoms with Crippen molar-refractivity contribution in [2.75, 3.05) is 40.1 Å². The third-order valence-electron chi connectivity index (χ3n) is 2.73. The van der Waals surface area contributed by atoms with Crippen molar-refractivity contribution in [2.45, 2.75) is 31.7 Å². The van der Waals surface area contributed by atoms with Crippen molar-refractivity contribution in [3.8, 4) is 0 Å². The van der Waals surface area contributed by atoms with Crippen LogP contribution in [-0.2, 0) is 27.8 Å². The van der Waals surface area contributed by atoms with Crippen LogP contribution in [0.4, 0.5) is 0 Å². The molecular formula is C11H23O7P. The SMILES string of the molecule is CCOCC1OCC(OCCCO)C1O[PH](=O)OC. The van der Waals surface area contributed by atoms with Gasteiger partial charge in [0.05, 0.1) is 13.2 Å². The molecule has 1 aliphatic rings. The van der Waals surface area contributed by atoms with E-state index in [-0.39, 0.29) is 18.8 Å². The van der Waals surface area contributed by atoms with Crippen LogP contribution >= 0.6 is 8.25 Å². The van der Waals surface area contributed by atoms with Gasteiger partial charge in [0.25, 0.3) is 0 Å². The van der Waals surface area contributed by atoms with Gasteiger partial charge in [-0.3, -0.25) is 4.57 Å². The number of hydrogen-bond donors (Lipinski definition) is 1. The van der Waals surface area contributed by atoms with E-state index in [1.54, 1.807) is 0 Å². The van der Waals surface area contributed by atoms with E-state index in [9.17, 15) is 4.57 Å². The summed E-state index contributed by atoms with van der Waals surface area (Å²) in [4.78, 5) is 0. The van der Waals surface area contributed by atoms with Crippen molar-refractivity contribution >= 4 is 8.25 Å². The normalized spacial score (nSPS) is 28.7. The fourth-order valence-electron chi connectivity index (χ4n) is 1.78. The first-order chi connectivity index (χ1) is 9.22. The second kappa shape index (κ2) is 9.83. The minimum absolute atomic E-state index is 0.0656. The molecule has 0 aromatic carbocycles. The summed E-state index contributed by atoms with van der Waals surface area (Å²) >= 11 is 0. The van der Waals surface area contributed by atoms with Crippen molar-refractivity contribution in [3.63, 3.8) is 0 Å². The lowest BCUT2D eigenvalue weighted by molar-refractivity contribution is -0.0307. The van der Waals surface area contributed by atoms with Gasteiger partial charge < -0.3 is 28.4 Å². The van der Waals surface area contributed by atoms with Crippen LogP contribution < -0.4 is 0 Å².